The number of unbranched alkanes of at least 4 members (excludes halogenated alkanes) is 9. The summed E-state index contributed by atoms with van der Waals surface area (Å²) in [5, 5.41) is 0. The van der Waals surface area contributed by atoms with Crippen molar-refractivity contribution >= 4 is 23.8 Å². The number of hydrogen-bond acceptors (Lipinski definition) is 3. The molecule has 1 aliphatic heterocycles. The van der Waals surface area contributed by atoms with Crippen LogP contribution in [0.5, 0.6) is 0 Å². The molecule has 0 saturated heterocycles. The van der Waals surface area contributed by atoms with Gasteiger partial charge in [-0.15, -0.1) is 0 Å². The molecule has 0 spiro atoms. The van der Waals surface area contributed by atoms with Gasteiger partial charge in [0.15, 0.2) is 0 Å². The second-order valence-electron chi connectivity index (χ2n) is 5.32. The van der Waals surface area contributed by atoms with Gasteiger partial charge in [0.25, 0.3) is 11.8 Å². The van der Waals surface area contributed by atoms with Crippen molar-refractivity contribution in [2.24, 2.45) is 0 Å². The van der Waals surface area contributed by atoms with Crippen molar-refractivity contribution in [3.8, 4) is 0 Å². The first kappa shape index (κ1) is 17.3. The molecule has 0 radical (unpaired) electrons. The number of rotatable bonds is 12. The molecule has 1 rings (SSSR count). The van der Waals surface area contributed by atoms with Gasteiger partial charge in [-0.2, -0.15) is 0 Å². The van der Waals surface area contributed by atoms with Gasteiger partial charge in [0.1, 0.15) is 0 Å². The van der Waals surface area contributed by atoms with E-state index in [0.29, 0.717) is 0 Å². The molecule has 1 heterocycles. The highest BCUT2D eigenvalue weighted by Gasteiger charge is 2.23. The summed E-state index contributed by atoms with van der Waals surface area (Å²) in [7, 11) is 0. The molecule has 0 aromatic rings. The molecule has 4 heteroatoms. The van der Waals surface area contributed by atoms with E-state index in [1.165, 1.54) is 86.2 Å². The quantitative estimate of drug-likeness (QED) is 0.303. The molecule has 1 aliphatic rings. The van der Waals surface area contributed by atoms with E-state index in [4.69, 9.17) is 0 Å². The van der Waals surface area contributed by atoms with E-state index in [1.54, 1.807) is 0 Å². The van der Waals surface area contributed by atoms with Crippen LogP contribution in [-0.2, 0) is 9.59 Å². The first-order valence-electron chi connectivity index (χ1n) is 7.94. The van der Waals surface area contributed by atoms with Gasteiger partial charge >= 0.3 is 0 Å². The summed E-state index contributed by atoms with van der Waals surface area (Å²) in [6, 6.07) is 0. The summed E-state index contributed by atoms with van der Waals surface area (Å²) in [4.78, 5) is 22.6. The minimum atomic E-state index is -0.188. The lowest BCUT2D eigenvalue weighted by molar-refractivity contribution is -0.130. The summed E-state index contributed by atoms with van der Waals surface area (Å²) in [6.07, 6.45) is 15.7. The van der Waals surface area contributed by atoms with Crippen LogP contribution in [0.1, 0.15) is 71.1 Å². The van der Waals surface area contributed by atoms with Gasteiger partial charge in [-0.1, -0.05) is 64.7 Å². The molecule has 3 nitrogen and oxygen atoms in total. The smallest absolute Gasteiger partial charge is 0.263 e. The number of nitrogens with zero attached hydrogens (tertiary/aromatic N) is 1. The third kappa shape index (κ3) is 7.13. The molecule has 0 bridgehead atoms. The van der Waals surface area contributed by atoms with E-state index in [1.807, 2.05) is 0 Å². The molecule has 20 heavy (non-hydrogen) atoms. The van der Waals surface area contributed by atoms with Crippen molar-refractivity contribution in [3.05, 3.63) is 12.2 Å². The zero-order valence-electron chi connectivity index (χ0n) is 12.6. The van der Waals surface area contributed by atoms with Crippen molar-refractivity contribution < 1.29 is 9.59 Å². The van der Waals surface area contributed by atoms with E-state index in [0.717, 1.165) is 12.2 Å². The Bertz CT molecular complexity index is 310. The molecule has 0 aromatic heterocycles. The maximum Gasteiger partial charge on any atom is 0.263 e. The molecular weight excluding hydrogens is 270 g/mol. The number of amides is 2. The van der Waals surface area contributed by atoms with Crippen LogP contribution < -0.4 is 0 Å². The second-order valence-corrected chi connectivity index (χ2v) is 6.35. The predicted octanol–water partition coefficient (Wildman–Crippen LogP) is 4.48. The van der Waals surface area contributed by atoms with E-state index >= 15 is 0 Å². The maximum absolute atomic E-state index is 11.3. The highest BCUT2D eigenvalue weighted by Crippen LogP contribution is 2.19. The highest BCUT2D eigenvalue weighted by atomic mass is 32.2. The fourth-order valence-electron chi connectivity index (χ4n) is 2.26. The molecule has 0 N–H and O–H groups in total. The minimum absolute atomic E-state index is 0.188. The van der Waals surface area contributed by atoms with Crippen LogP contribution >= 0.6 is 11.9 Å². The summed E-state index contributed by atoms with van der Waals surface area (Å²) in [5.74, 6) is 0.481. The Balaban J connectivity index is 1.83. The Hall–Kier alpha value is -0.770. The number of imide groups is 1. The second kappa shape index (κ2) is 11.0. The maximum atomic E-state index is 11.3. The Morgan fingerprint density at radius 1 is 0.800 bits per heavy atom. The topological polar surface area (TPSA) is 37.4 Å². The van der Waals surface area contributed by atoms with Gasteiger partial charge in [0.2, 0.25) is 0 Å². The van der Waals surface area contributed by atoms with Crippen molar-refractivity contribution in [1.29, 1.82) is 0 Å². The van der Waals surface area contributed by atoms with Crippen molar-refractivity contribution in [1.82, 2.24) is 4.31 Å². The molecule has 0 atom stereocenters. The molecule has 114 valence electrons. The molecule has 2 amide bonds. The molecule has 0 aliphatic carbocycles. The normalized spacial score (nSPS) is 14.6. The molecular formula is C16H27NO2S. The Kier molecular flexibility index (Phi) is 9.46. The number of carbonyl (C=O) groups is 2. The van der Waals surface area contributed by atoms with Crippen LogP contribution in [0, 0.1) is 0 Å². The monoisotopic (exact) mass is 297 g/mol. The van der Waals surface area contributed by atoms with E-state index in [9.17, 15) is 9.59 Å². The zero-order valence-corrected chi connectivity index (χ0v) is 13.4. The SMILES string of the molecule is CCCCCCCCCCCCSN1C(=O)C=CC1=O. The summed E-state index contributed by atoms with van der Waals surface area (Å²) >= 11 is 1.35. The van der Waals surface area contributed by atoms with Crippen LogP contribution in [0.3, 0.4) is 0 Å². The number of hydrogen-bond donors (Lipinski definition) is 0. The summed E-state index contributed by atoms with van der Waals surface area (Å²) in [6.45, 7) is 2.25. The highest BCUT2D eigenvalue weighted by molar-refractivity contribution is 7.98. The van der Waals surface area contributed by atoms with Gasteiger partial charge in [0.05, 0.1) is 0 Å². The van der Waals surface area contributed by atoms with Crippen LogP contribution in [0.4, 0.5) is 0 Å². The zero-order chi connectivity index (χ0) is 14.6. The van der Waals surface area contributed by atoms with Gasteiger partial charge in [0, 0.05) is 17.9 Å². The third-order valence-electron chi connectivity index (χ3n) is 3.49. The van der Waals surface area contributed by atoms with Gasteiger partial charge < -0.3 is 0 Å². The van der Waals surface area contributed by atoms with Gasteiger partial charge in [-0.25, -0.2) is 4.31 Å². The first-order chi connectivity index (χ1) is 9.75. The molecule has 0 unspecified atom stereocenters. The van der Waals surface area contributed by atoms with Gasteiger partial charge in [-0.3, -0.25) is 9.59 Å². The summed E-state index contributed by atoms with van der Waals surface area (Å²) in [5.41, 5.74) is 0. The lowest BCUT2D eigenvalue weighted by atomic mass is 10.1. The number of carbonyl (C=O) groups excluding carboxylic acids is 2. The lowest BCUT2D eigenvalue weighted by Crippen LogP contribution is -2.22. The molecule has 0 saturated carbocycles. The third-order valence-corrected chi connectivity index (χ3v) is 4.58. The standard InChI is InChI=1S/C16H27NO2S/c1-2-3-4-5-6-7-8-9-10-11-14-20-17-15(18)12-13-16(17)19/h12-13H,2-11,14H2,1H3. The van der Waals surface area contributed by atoms with Crippen molar-refractivity contribution in [3.63, 3.8) is 0 Å². The van der Waals surface area contributed by atoms with Gasteiger partial charge in [-0.05, 0) is 18.4 Å². The minimum Gasteiger partial charge on any atom is -0.268 e. The fraction of sp³-hybridized carbons (Fsp3) is 0.750. The van der Waals surface area contributed by atoms with E-state index in [-0.39, 0.29) is 11.8 Å². The van der Waals surface area contributed by atoms with Crippen molar-refractivity contribution in [2.75, 3.05) is 5.75 Å². The fourth-order valence-corrected chi connectivity index (χ4v) is 3.15. The lowest BCUT2D eigenvalue weighted by Gasteiger charge is -2.11. The average Bonchev–Trinajstić information content (AvgIpc) is 2.76. The largest absolute Gasteiger partial charge is 0.268 e. The predicted molar refractivity (Wildman–Crippen MR) is 85.3 cm³/mol. The van der Waals surface area contributed by atoms with Crippen molar-refractivity contribution in [2.45, 2.75) is 71.1 Å². The van der Waals surface area contributed by atoms with Crippen LogP contribution in [0.25, 0.3) is 0 Å². The van der Waals surface area contributed by atoms with Crippen LogP contribution in [0.2, 0.25) is 0 Å². The summed E-state index contributed by atoms with van der Waals surface area (Å²) < 4.78 is 1.26. The van der Waals surface area contributed by atoms with E-state index in [2.05, 4.69) is 6.92 Å². The Morgan fingerprint density at radius 2 is 1.25 bits per heavy atom. The molecule has 0 fully saturated rings. The Morgan fingerprint density at radius 3 is 1.75 bits per heavy atom. The van der Waals surface area contributed by atoms with Crippen LogP contribution in [-0.4, -0.2) is 21.9 Å². The average molecular weight is 297 g/mol. The first-order valence-corrected chi connectivity index (χ1v) is 8.89. The Labute approximate surface area is 127 Å². The van der Waals surface area contributed by atoms with E-state index < -0.39 is 0 Å². The van der Waals surface area contributed by atoms with Crippen LogP contribution in [0.15, 0.2) is 12.2 Å². The molecule has 0 aromatic carbocycles.